The van der Waals surface area contributed by atoms with E-state index in [4.69, 9.17) is 5.11 Å². The maximum Gasteiger partial charge on any atom is 0.306 e. The molecule has 0 radical (unpaired) electrons. The Kier molecular flexibility index (Phi) is 3.34. The summed E-state index contributed by atoms with van der Waals surface area (Å²) in [5, 5.41) is 8.85. The predicted molar refractivity (Wildman–Crippen MR) is 52.6 cm³/mol. The van der Waals surface area contributed by atoms with Crippen LogP contribution in [0.15, 0.2) is 0 Å². The fraction of sp³-hybridized carbons (Fsp3) is 0.909. The molecule has 0 bridgehead atoms. The summed E-state index contributed by atoms with van der Waals surface area (Å²) >= 11 is 0. The molecule has 0 aromatic carbocycles. The van der Waals surface area contributed by atoms with Crippen LogP contribution < -0.4 is 0 Å². The van der Waals surface area contributed by atoms with E-state index in [1.165, 1.54) is 12.8 Å². The first-order chi connectivity index (χ1) is 6.13. The molecule has 0 amide bonds. The molecule has 2 heteroatoms. The first-order valence-corrected chi connectivity index (χ1v) is 5.36. The lowest BCUT2D eigenvalue weighted by Gasteiger charge is -2.37. The summed E-state index contributed by atoms with van der Waals surface area (Å²) in [6.07, 6.45) is 6.40. The summed E-state index contributed by atoms with van der Waals surface area (Å²) in [6.45, 7) is 4.45. The molecule has 0 heterocycles. The Morgan fingerprint density at radius 1 is 1.31 bits per heavy atom. The minimum atomic E-state index is -0.596. The zero-order chi connectivity index (χ0) is 9.90. The largest absolute Gasteiger partial charge is 0.481 e. The van der Waals surface area contributed by atoms with Crippen molar-refractivity contribution in [2.24, 2.45) is 11.3 Å². The highest BCUT2D eigenvalue weighted by molar-refractivity contribution is 5.70. The van der Waals surface area contributed by atoms with Crippen LogP contribution in [0.2, 0.25) is 0 Å². The lowest BCUT2D eigenvalue weighted by molar-refractivity contribution is -0.143. The summed E-state index contributed by atoms with van der Waals surface area (Å²) in [5.41, 5.74) is 0.464. The molecule has 0 saturated heterocycles. The van der Waals surface area contributed by atoms with E-state index in [-0.39, 0.29) is 5.92 Å². The second-order valence-electron chi connectivity index (χ2n) is 4.32. The molecule has 13 heavy (non-hydrogen) atoms. The van der Waals surface area contributed by atoms with E-state index < -0.39 is 5.97 Å². The molecule has 1 fully saturated rings. The van der Waals surface area contributed by atoms with Crippen molar-refractivity contribution in [2.45, 2.75) is 52.4 Å². The van der Waals surface area contributed by atoms with Crippen molar-refractivity contribution in [1.82, 2.24) is 0 Å². The van der Waals surface area contributed by atoms with Gasteiger partial charge in [0.1, 0.15) is 0 Å². The van der Waals surface area contributed by atoms with E-state index in [0.717, 1.165) is 25.7 Å². The average molecular weight is 184 g/mol. The van der Waals surface area contributed by atoms with Gasteiger partial charge in [-0.2, -0.15) is 0 Å². The third kappa shape index (κ3) is 2.23. The van der Waals surface area contributed by atoms with Crippen LogP contribution in [-0.4, -0.2) is 11.1 Å². The monoisotopic (exact) mass is 184 g/mol. The highest BCUT2D eigenvalue weighted by Crippen LogP contribution is 2.43. The van der Waals surface area contributed by atoms with Gasteiger partial charge in [0.15, 0.2) is 0 Å². The van der Waals surface area contributed by atoms with Crippen LogP contribution in [0.5, 0.6) is 0 Å². The van der Waals surface area contributed by atoms with Gasteiger partial charge in [-0.1, -0.05) is 26.7 Å². The zero-order valence-electron chi connectivity index (χ0n) is 8.68. The quantitative estimate of drug-likeness (QED) is 0.732. The molecule has 1 aliphatic carbocycles. The molecule has 1 N–H and O–H groups in total. The number of hydrogen-bond donors (Lipinski definition) is 1. The van der Waals surface area contributed by atoms with Crippen LogP contribution >= 0.6 is 0 Å². The minimum Gasteiger partial charge on any atom is -0.481 e. The van der Waals surface area contributed by atoms with Crippen molar-refractivity contribution in [2.75, 3.05) is 0 Å². The van der Waals surface area contributed by atoms with Crippen molar-refractivity contribution in [3.63, 3.8) is 0 Å². The van der Waals surface area contributed by atoms with Gasteiger partial charge in [0.25, 0.3) is 0 Å². The number of carboxylic acid groups (broad SMARTS) is 1. The maximum absolute atomic E-state index is 10.7. The molecule has 0 atom stereocenters. The van der Waals surface area contributed by atoms with Gasteiger partial charge in [-0.15, -0.1) is 0 Å². The topological polar surface area (TPSA) is 37.3 Å². The van der Waals surface area contributed by atoms with Gasteiger partial charge < -0.3 is 5.11 Å². The summed E-state index contributed by atoms with van der Waals surface area (Å²) in [6, 6.07) is 0. The van der Waals surface area contributed by atoms with Crippen LogP contribution in [0.3, 0.4) is 0 Å². The summed E-state index contributed by atoms with van der Waals surface area (Å²) < 4.78 is 0. The van der Waals surface area contributed by atoms with Crippen molar-refractivity contribution in [3.05, 3.63) is 0 Å². The van der Waals surface area contributed by atoms with Crippen LogP contribution in [-0.2, 0) is 4.79 Å². The van der Waals surface area contributed by atoms with E-state index >= 15 is 0 Å². The van der Waals surface area contributed by atoms with Crippen LogP contribution in [0.4, 0.5) is 0 Å². The van der Waals surface area contributed by atoms with E-state index in [0.29, 0.717) is 5.41 Å². The molecule has 0 aromatic heterocycles. The van der Waals surface area contributed by atoms with Gasteiger partial charge in [0.05, 0.1) is 5.92 Å². The molecule has 0 unspecified atom stereocenters. The Bertz CT molecular complexity index is 173. The molecule has 1 aliphatic rings. The van der Waals surface area contributed by atoms with Gasteiger partial charge >= 0.3 is 5.97 Å². The predicted octanol–water partition coefficient (Wildman–Crippen LogP) is 3.07. The number of carboxylic acids is 1. The van der Waals surface area contributed by atoms with Gasteiger partial charge in [-0.05, 0) is 31.1 Å². The first-order valence-electron chi connectivity index (χ1n) is 5.36. The summed E-state index contributed by atoms with van der Waals surface area (Å²) in [5.74, 6) is -0.660. The van der Waals surface area contributed by atoms with E-state index in [9.17, 15) is 4.79 Å². The standard InChI is InChI=1S/C11H20O2/c1-3-11(4-2)7-5-9(6-8-11)10(12)13/h9H,3-8H2,1-2H3,(H,12,13). The normalized spacial score (nSPS) is 22.9. The fourth-order valence-corrected chi connectivity index (χ4v) is 2.43. The molecular weight excluding hydrogens is 164 g/mol. The Hall–Kier alpha value is -0.530. The number of rotatable bonds is 3. The SMILES string of the molecule is CCC1(CC)CCC(C(=O)O)CC1. The molecule has 76 valence electrons. The van der Waals surface area contributed by atoms with Gasteiger partial charge in [-0.3, -0.25) is 4.79 Å². The highest BCUT2D eigenvalue weighted by atomic mass is 16.4. The van der Waals surface area contributed by atoms with E-state index in [2.05, 4.69) is 13.8 Å². The second-order valence-corrected chi connectivity index (χ2v) is 4.32. The van der Waals surface area contributed by atoms with Gasteiger partial charge in [-0.25, -0.2) is 0 Å². The lowest BCUT2D eigenvalue weighted by Crippen LogP contribution is -2.29. The highest BCUT2D eigenvalue weighted by Gasteiger charge is 2.34. The minimum absolute atomic E-state index is 0.0637. The smallest absolute Gasteiger partial charge is 0.306 e. The van der Waals surface area contributed by atoms with Crippen molar-refractivity contribution < 1.29 is 9.90 Å². The number of aliphatic carboxylic acids is 1. The van der Waals surface area contributed by atoms with Gasteiger partial charge in [0, 0.05) is 0 Å². The molecule has 2 nitrogen and oxygen atoms in total. The molecule has 0 spiro atoms. The molecular formula is C11H20O2. The van der Waals surface area contributed by atoms with Crippen LogP contribution in [0, 0.1) is 11.3 Å². The van der Waals surface area contributed by atoms with Crippen molar-refractivity contribution in [3.8, 4) is 0 Å². The summed E-state index contributed by atoms with van der Waals surface area (Å²) in [7, 11) is 0. The Morgan fingerprint density at radius 3 is 2.08 bits per heavy atom. The number of carbonyl (C=O) groups is 1. The van der Waals surface area contributed by atoms with E-state index in [1.807, 2.05) is 0 Å². The van der Waals surface area contributed by atoms with Crippen LogP contribution in [0.1, 0.15) is 52.4 Å². The maximum atomic E-state index is 10.7. The molecule has 1 rings (SSSR count). The Morgan fingerprint density at radius 2 is 1.77 bits per heavy atom. The van der Waals surface area contributed by atoms with E-state index in [1.54, 1.807) is 0 Å². The zero-order valence-corrected chi connectivity index (χ0v) is 8.68. The molecule has 0 aromatic rings. The third-order valence-corrected chi connectivity index (χ3v) is 3.90. The summed E-state index contributed by atoms with van der Waals surface area (Å²) in [4.78, 5) is 10.7. The van der Waals surface area contributed by atoms with Crippen molar-refractivity contribution >= 4 is 5.97 Å². The average Bonchev–Trinajstić information content (AvgIpc) is 2.18. The van der Waals surface area contributed by atoms with Crippen molar-refractivity contribution in [1.29, 1.82) is 0 Å². The third-order valence-electron chi connectivity index (χ3n) is 3.90. The van der Waals surface area contributed by atoms with Crippen LogP contribution in [0.25, 0.3) is 0 Å². The second kappa shape index (κ2) is 4.12. The molecule has 0 aliphatic heterocycles. The number of hydrogen-bond acceptors (Lipinski definition) is 1. The first kappa shape index (κ1) is 10.6. The molecule has 1 saturated carbocycles. The fourth-order valence-electron chi connectivity index (χ4n) is 2.43. The van der Waals surface area contributed by atoms with Gasteiger partial charge in [0.2, 0.25) is 0 Å². The Labute approximate surface area is 80.3 Å². The Balaban J connectivity index is 2.50. The lowest BCUT2D eigenvalue weighted by atomic mass is 9.67.